The molecule has 0 atom stereocenters. The molecule has 0 bridgehead atoms. The molecule has 0 saturated carbocycles. The van der Waals surface area contributed by atoms with E-state index < -0.39 is 23.4 Å². The number of aliphatic hydroxyl groups is 1. The van der Waals surface area contributed by atoms with Gasteiger partial charge in [-0.3, -0.25) is 9.59 Å². The van der Waals surface area contributed by atoms with Crippen molar-refractivity contribution in [3.63, 3.8) is 0 Å². The average Bonchev–Trinajstić information content (AvgIpc) is 2.63. The number of nitrogens with one attached hydrogen (secondary N) is 1. The van der Waals surface area contributed by atoms with E-state index in [4.69, 9.17) is 9.84 Å². The summed E-state index contributed by atoms with van der Waals surface area (Å²) in [4.78, 5) is 39.0. The van der Waals surface area contributed by atoms with Crippen molar-refractivity contribution in [1.29, 1.82) is 0 Å². The Kier molecular flexibility index (Phi) is 5.69. The van der Waals surface area contributed by atoms with Crippen LogP contribution in [0.2, 0.25) is 0 Å². The molecule has 0 fully saturated rings. The SMILES string of the molecule is COc1cccc(C(O)=CC(=O)C(=O)Nc2cc(C(=O)O)ccc2C)n1. The van der Waals surface area contributed by atoms with Crippen LogP contribution in [0.4, 0.5) is 5.69 Å². The molecule has 3 N–H and O–H groups in total. The summed E-state index contributed by atoms with van der Waals surface area (Å²) in [6.07, 6.45) is 0.730. The molecule has 134 valence electrons. The first kappa shape index (κ1) is 18.7. The highest BCUT2D eigenvalue weighted by atomic mass is 16.5. The highest BCUT2D eigenvalue weighted by Gasteiger charge is 2.16. The molecule has 8 nitrogen and oxygen atoms in total. The van der Waals surface area contributed by atoms with Gasteiger partial charge in [0.05, 0.1) is 12.7 Å². The van der Waals surface area contributed by atoms with E-state index in [9.17, 15) is 19.5 Å². The van der Waals surface area contributed by atoms with E-state index in [0.29, 0.717) is 5.56 Å². The number of benzene rings is 1. The molecule has 0 saturated heterocycles. The highest BCUT2D eigenvalue weighted by Crippen LogP contribution is 2.18. The van der Waals surface area contributed by atoms with Crippen LogP contribution in [0.3, 0.4) is 0 Å². The van der Waals surface area contributed by atoms with Crippen LogP contribution in [-0.2, 0) is 9.59 Å². The van der Waals surface area contributed by atoms with Gasteiger partial charge in [-0.25, -0.2) is 9.78 Å². The number of ether oxygens (including phenoxy) is 1. The fourth-order valence-corrected chi connectivity index (χ4v) is 2.01. The zero-order valence-electron chi connectivity index (χ0n) is 14.0. The number of ketones is 1. The van der Waals surface area contributed by atoms with Crippen molar-refractivity contribution in [3.8, 4) is 5.88 Å². The Labute approximate surface area is 148 Å². The van der Waals surface area contributed by atoms with Gasteiger partial charge in [0.2, 0.25) is 11.7 Å². The predicted octanol–water partition coefficient (Wildman–Crippen LogP) is 2.20. The number of carboxylic acids is 1. The van der Waals surface area contributed by atoms with Crippen molar-refractivity contribution in [2.24, 2.45) is 0 Å². The van der Waals surface area contributed by atoms with Crippen LogP contribution < -0.4 is 10.1 Å². The molecule has 8 heteroatoms. The lowest BCUT2D eigenvalue weighted by atomic mass is 10.1. The van der Waals surface area contributed by atoms with Crippen LogP contribution >= 0.6 is 0 Å². The molecule has 26 heavy (non-hydrogen) atoms. The standard InChI is InChI=1S/C18H16N2O6/c1-10-6-7-11(18(24)25)8-13(10)20-17(23)15(22)9-14(21)12-4-3-5-16(19-12)26-2/h3-9,21H,1-2H3,(H,20,23)(H,24,25). The first-order valence-electron chi connectivity index (χ1n) is 7.43. The van der Waals surface area contributed by atoms with Crippen molar-refractivity contribution in [2.45, 2.75) is 6.92 Å². The largest absolute Gasteiger partial charge is 0.506 e. The van der Waals surface area contributed by atoms with Gasteiger partial charge in [0.1, 0.15) is 11.5 Å². The Bertz CT molecular complexity index is 904. The van der Waals surface area contributed by atoms with E-state index in [1.165, 1.54) is 31.4 Å². The van der Waals surface area contributed by atoms with Gasteiger partial charge >= 0.3 is 5.97 Å². The fraction of sp³-hybridized carbons (Fsp3) is 0.111. The second-order valence-electron chi connectivity index (χ2n) is 5.25. The highest BCUT2D eigenvalue weighted by molar-refractivity contribution is 6.45. The number of rotatable bonds is 6. The van der Waals surface area contributed by atoms with Gasteiger partial charge in [0.15, 0.2) is 0 Å². The van der Waals surface area contributed by atoms with Crippen LogP contribution in [0.25, 0.3) is 5.76 Å². The van der Waals surface area contributed by atoms with Gasteiger partial charge in [0.25, 0.3) is 5.91 Å². The molecule has 0 aliphatic heterocycles. The van der Waals surface area contributed by atoms with E-state index >= 15 is 0 Å². The number of hydrogen-bond donors (Lipinski definition) is 3. The first-order chi connectivity index (χ1) is 12.3. The molecule has 0 aliphatic rings. The third kappa shape index (κ3) is 4.44. The Morgan fingerprint density at radius 1 is 1.15 bits per heavy atom. The number of hydrogen-bond acceptors (Lipinski definition) is 6. The molecule has 0 spiro atoms. The number of anilines is 1. The maximum absolute atomic E-state index is 12.0. The molecule has 2 aromatic rings. The molecule has 0 aliphatic carbocycles. The van der Waals surface area contributed by atoms with Gasteiger partial charge in [-0.2, -0.15) is 0 Å². The van der Waals surface area contributed by atoms with Crippen molar-refractivity contribution >= 4 is 29.1 Å². The quantitative estimate of drug-likeness (QED) is 0.411. The van der Waals surface area contributed by atoms with Crippen LogP contribution in [0, 0.1) is 6.92 Å². The maximum Gasteiger partial charge on any atom is 0.335 e. The van der Waals surface area contributed by atoms with Crippen LogP contribution in [0.15, 0.2) is 42.5 Å². The maximum atomic E-state index is 12.0. The topological polar surface area (TPSA) is 126 Å². The lowest BCUT2D eigenvalue weighted by molar-refractivity contribution is -0.132. The Morgan fingerprint density at radius 3 is 2.54 bits per heavy atom. The number of amides is 1. The zero-order chi connectivity index (χ0) is 19.3. The number of aromatic carboxylic acids is 1. The number of pyridine rings is 1. The van der Waals surface area contributed by atoms with E-state index in [2.05, 4.69) is 10.3 Å². The fourth-order valence-electron chi connectivity index (χ4n) is 2.01. The van der Waals surface area contributed by atoms with E-state index in [1.54, 1.807) is 19.1 Å². The van der Waals surface area contributed by atoms with Gasteiger partial charge in [0, 0.05) is 17.8 Å². The van der Waals surface area contributed by atoms with Crippen LogP contribution in [-0.4, -0.2) is 40.0 Å². The molecule has 1 aromatic carbocycles. The summed E-state index contributed by atoms with van der Waals surface area (Å²) in [7, 11) is 1.40. The summed E-state index contributed by atoms with van der Waals surface area (Å²) in [5, 5.41) is 21.3. The molecule has 1 heterocycles. The third-order valence-electron chi connectivity index (χ3n) is 3.42. The van der Waals surface area contributed by atoms with Gasteiger partial charge < -0.3 is 20.3 Å². The molecule has 1 aromatic heterocycles. The molecule has 0 radical (unpaired) electrons. The number of carboxylic acid groups (broad SMARTS) is 1. The number of aryl methyl sites for hydroxylation is 1. The Hall–Kier alpha value is -3.68. The summed E-state index contributed by atoms with van der Waals surface area (Å²) >= 11 is 0. The molecular formula is C18H16N2O6. The minimum absolute atomic E-state index is 0.0303. The summed E-state index contributed by atoms with van der Waals surface area (Å²) in [6, 6.07) is 8.71. The smallest absolute Gasteiger partial charge is 0.335 e. The van der Waals surface area contributed by atoms with Gasteiger partial charge in [-0.15, -0.1) is 0 Å². The summed E-state index contributed by atoms with van der Waals surface area (Å²) < 4.78 is 4.92. The van der Waals surface area contributed by atoms with Crippen molar-refractivity contribution in [3.05, 3.63) is 59.3 Å². The normalized spacial score (nSPS) is 10.9. The first-order valence-corrected chi connectivity index (χ1v) is 7.43. The number of nitrogens with zero attached hydrogens (tertiary/aromatic N) is 1. The molecule has 2 rings (SSSR count). The minimum Gasteiger partial charge on any atom is -0.506 e. The number of aromatic nitrogens is 1. The number of aliphatic hydroxyl groups excluding tert-OH is 1. The van der Waals surface area contributed by atoms with Crippen molar-refractivity contribution in [1.82, 2.24) is 4.98 Å². The minimum atomic E-state index is -1.16. The lowest BCUT2D eigenvalue weighted by Gasteiger charge is -2.08. The number of methoxy groups -OCH3 is 1. The number of carbonyl (C=O) groups excluding carboxylic acids is 2. The second-order valence-corrected chi connectivity index (χ2v) is 5.25. The van der Waals surface area contributed by atoms with Gasteiger partial charge in [-0.05, 0) is 30.7 Å². The zero-order valence-corrected chi connectivity index (χ0v) is 14.0. The van der Waals surface area contributed by atoms with Crippen LogP contribution in [0.5, 0.6) is 5.88 Å². The number of carbonyl (C=O) groups is 3. The summed E-state index contributed by atoms with van der Waals surface area (Å²) in [5.41, 5.74) is 0.807. The van der Waals surface area contributed by atoms with E-state index in [1.807, 2.05) is 0 Å². The molecule has 1 amide bonds. The lowest BCUT2D eigenvalue weighted by Crippen LogP contribution is -2.22. The third-order valence-corrected chi connectivity index (χ3v) is 3.42. The van der Waals surface area contributed by atoms with E-state index in [0.717, 1.165) is 6.08 Å². The second kappa shape index (κ2) is 7.93. The summed E-state index contributed by atoms with van der Waals surface area (Å²) in [5.74, 6) is -3.47. The summed E-state index contributed by atoms with van der Waals surface area (Å²) in [6.45, 7) is 1.65. The van der Waals surface area contributed by atoms with Crippen molar-refractivity contribution < 1.29 is 29.3 Å². The average molecular weight is 356 g/mol. The Morgan fingerprint density at radius 2 is 1.88 bits per heavy atom. The van der Waals surface area contributed by atoms with Crippen molar-refractivity contribution in [2.75, 3.05) is 12.4 Å². The van der Waals surface area contributed by atoms with Gasteiger partial charge in [-0.1, -0.05) is 12.1 Å². The Balaban J connectivity index is 2.18. The molecule has 0 unspecified atom stereocenters. The predicted molar refractivity (Wildman–Crippen MR) is 93.2 cm³/mol. The molecular weight excluding hydrogens is 340 g/mol. The monoisotopic (exact) mass is 356 g/mol. The van der Waals surface area contributed by atoms with E-state index in [-0.39, 0.29) is 22.8 Å². The van der Waals surface area contributed by atoms with Crippen LogP contribution in [0.1, 0.15) is 21.6 Å².